The number of thiazole rings is 1. The number of carbonyl (C=O) groups excluding carboxylic acids is 2. The predicted octanol–water partition coefficient (Wildman–Crippen LogP) is 7.45. The summed E-state index contributed by atoms with van der Waals surface area (Å²) in [5.74, 6) is 1.71. The van der Waals surface area contributed by atoms with Crippen molar-refractivity contribution in [3.63, 3.8) is 0 Å². The van der Waals surface area contributed by atoms with Gasteiger partial charge in [-0.3, -0.25) is 0 Å². The van der Waals surface area contributed by atoms with E-state index in [4.69, 9.17) is 9.72 Å². The van der Waals surface area contributed by atoms with Crippen LogP contribution in [0.5, 0.6) is 0 Å². The molecule has 9 heteroatoms. The van der Waals surface area contributed by atoms with Crippen molar-refractivity contribution < 1.29 is 14.3 Å². The van der Waals surface area contributed by atoms with E-state index in [1.165, 1.54) is 91.7 Å². The average molecular weight is 793 g/mol. The molecule has 268 valence electrons. The van der Waals surface area contributed by atoms with Crippen molar-refractivity contribution in [2.75, 3.05) is 35.2 Å². The molecular formula is C39H61IN4O3S. The monoisotopic (exact) mass is 792 g/mol. The van der Waals surface area contributed by atoms with Gasteiger partial charge in [-0.15, -0.1) is 0 Å². The number of fused-ring (bicyclic) bond motifs is 1. The van der Waals surface area contributed by atoms with Gasteiger partial charge in [0.25, 0.3) is 0 Å². The first kappa shape index (κ1) is 36.4. The molecule has 1 aliphatic carbocycles. The Balaban J connectivity index is 1.16. The van der Waals surface area contributed by atoms with Crippen LogP contribution in [0.2, 0.25) is 0 Å². The molecule has 0 bridgehead atoms. The Morgan fingerprint density at radius 3 is 2.38 bits per heavy atom. The van der Waals surface area contributed by atoms with Gasteiger partial charge in [0.15, 0.2) is 0 Å². The molecule has 6 rings (SSSR count). The molecule has 0 spiro atoms. The fourth-order valence-electron chi connectivity index (χ4n) is 8.66. The second-order valence-electron chi connectivity index (χ2n) is 15.3. The van der Waals surface area contributed by atoms with Crippen LogP contribution in [0.3, 0.4) is 0 Å². The van der Waals surface area contributed by atoms with Crippen LogP contribution in [0.25, 0.3) is 10.2 Å². The Kier molecular flexibility index (Phi) is 12.7. The Bertz CT molecular complexity index is 1440. The SMILES string of the molecule is CCC(=O)N[C@@H](Cc1nc2ccc(C(C)C)cc2s1)C(=O)N[C@H](CI1(C(C)C2CCN(C3CCOCC3)CC2)=CCC1)C1CCCCC1. The summed E-state index contributed by atoms with van der Waals surface area (Å²) in [7, 11) is 0. The van der Waals surface area contributed by atoms with Crippen LogP contribution in [-0.4, -0.2) is 82.9 Å². The molecule has 0 radical (unpaired) electrons. The van der Waals surface area contributed by atoms with Crippen molar-refractivity contribution >= 4 is 55.3 Å². The zero-order valence-electron chi connectivity index (χ0n) is 30.0. The van der Waals surface area contributed by atoms with Gasteiger partial charge in [-0.2, -0.15) is 0 Å². The second kappa shape index (κ2) is 16.7. The first-order valence-corrected chi connectivity index (χ1v) is 25.4. The maximum atomic E-state index is 14.3. The first-order valence-electron chi connectivity index (χ1n) is 19.1. The Hall–Kier alpha value is -1.43. The van der Waals surface area contributed by atoms with Crippen molar-refractivity contribution in [3.05, 3.63) is 28.8 Å². The van der Waals surface area contributed by atoms with Gasteiger partial charge in [-0.25, -0.2) is 0 Å². The summed E-state index contributed by atoms with van der Waals surface area (Å²) in [6, 6.07) is 6.81. The van der Waals surface area contributed by atoms with E-state index in [2.05, 4.69) is 58.5 Å². The third-order valence-corrected chi connectivity index (χ3v) is 25.5. The number of aromatic nitrogens is 1. The number of benzene rings is 1. The standard InChI is InChI=1S/C39H61IN4O3S/c1-5-37(45)41-34(25-38-42-33-13-12-31(27(2)3)24-36(33)48-38)39(46)43-35(30-10-7-6-8-11-30)26-40(18-9-19-40)28(4)29-14-20-44(21-15-29)32-16-22-47-23-17-32/h12-13,18,24,27-30,32,34-35H,5-11,14-17,19-23,25-26H2,1-4H3,(H,41,45)(H,43,46)/t28?,34-,35+/m0/s1. The minimum atomic E-state index is -2.22. The molecule has 3 fully saturated rings. The summed E-state index contributed by atoms with van der Waals surface area (Å²) in [6.07, 6.45) is 13.3. The summed E-state index contributed by atoms with van der Waals surface area (Å²) in [4.78, 5) is 34.7. The molecule has 2 unspecified atom stereocenters. The van der Waals surface area contributed by atoms with Gasteiger partial charge in [0.2, 0.25) is 0 Å². The number of amides is 2. The van der Waals surface area contributed by atoms with Crippen molar-refractivity contribution in [2.45, 2.75) is 133 Å². The summed E-state index contributed by atoms with van der Waals surface area (Å²) in [6.45, 7) is 13.2. The van der Waals surface area contributed by atoms with Crippen molar-refractivity contribution in [1.29, 1.82) is 0 Å². The maximum absolute atomic E-state index is 14.3. The van der Waals surface area contributed by atoms with Gasteiger partial charge >= 0.3 is 285 Å². The Labute approximate surface area is 297 Å². The summed E-state index contributed by atoms with van der Waals surface area (Å²) < 4.78 is 13.0. The fraction of sp³-hybridized carbons (Fsp3) is 0.744. The normalized spacial score (nSPS) is 26.6. The molecule has 2 amide bonds. The number of halogens is 1. The van der Waals surface area contributed by atoms with Crippen LogP contribution in [0.15, 0.2) is 18.2 Å². The molecule has 4 aliphatic rings. The average Bonchev–Trinajstić information content (AvgIpc) is 3.51. The van der Waals surface area contributed by atoms with E-state index < -0.39 is 24.0 Å². The molecule has 1 saturated carbocycles. The molecule has 48 heavy (non-hydrogen) atoms. The molecule has 2 aromatic rings. The van der Waals surface area contributed by atoms with E-state index in [1.54, 1.807) is 11.3 Å². The number of likely N-dealkylation sites (tertiary alicyclic amines) is 1. The third kappa shape index (κ3) is 8.71. The summed E-state index contributed by atoms with van der Waals surface area (Å²) >= 11 is -0.559. The molecule has 1 aromatic heterocycles. The number of alkyl halides is 3. The van der Waals surface area contributed by atoms with Crippen LogP contribution in [0.1, 0.15) is 115 Å². The number of hydrogen-bond acceptors (Lipinski definition) is 6. The molecule has 4 atom stereocenters. The predicted molar refractivity (Wildman–Crippen MR) is 210 cm³/mol. The van der Waals surface area contributed by atoms with Crippen molar-refractivity contribution in [2.24, 2.45) is 11.8 Å². The number of carbonyl (C=O) groups is 2. The number of hydrogen-bond donors (Lipinski definition) is 2. The van der Waals surface area contributed by atoms with Gasteiger partial charge in [0.1, 0.15) is 0 Å². The molecule has 3 aliphatic heterocycles. The van der Waals surface area contributed by atoms with Gasteiger partial charge in [-0.05, 0) is 0 Å². The number of nitrogens with one attached hydrogen (secondary N) is 2. The first-order chi connectivity index (χ1) is 23.2. The number of nitrogens with zero attached hydrogens (tertiary/aromatic N) is 2. The number of rotatable bonds is 13. The van der Waals surface area contributed by atoms with Crippen LogP contribution in [0.4, 0.5) is 0 Å². The van der Waals surface area contributed by atoms with Gasteiger partial charge < -0.3 is 0 Å². The zero-order chi connectivity index (χ0) is 33.7. The van der Waals surface area contributed by atoms with Crippen LogP contribution >= 0.6 is 29.3 Å². The molecular weight excluding hydrogens is 731 g/mol. The molecule has 7 nitrogen and oxygen atoms in total. The minimum absolute atomic E-state index is 0.0116. The fourth-order valence-corrected chi connectivity index (χ4v) is 20.8. The van der Waals surface area contributed by atoms with Crippen molar-refractivity contribution in [1.82, 2.24) is 20.5 Å². The van der Waals surface area contributed by atoms with Crippen LogP contribution in [-0.2, 0) is 20.7 Å². The number of piperidine rings is 1. The molecule has 2 N–H and O–H groups in total. The second-order valence-corrected chi connectivity index (χ2v) is 26.5. The Morgan fingerprint density at radius 1 is 1.00 bits per heavy atom. The topological polar surface area (TPSA) is 83.6 Å². The van der Waals surface area contributed by atoms with E-state index in [-0.39, 0.29) is 17.9 Å². The zero-order valence-corrected chi connectivity index (χ0v) is 33.0. The molecule has 1 aromatic carbocycles. The van der Waals surface area contributed by atoms with E-state index in [0.29, 0.717) is 30.7 Å². The van der Waals surface area contributed by atoms with E-state index in [9.17, 15) is 9.59 Å². The van der Waals surface area contributed by atoms with Gasteiger partial charge in [0.05, 0.1) is 0 Å². The number of ether oxygens (including phenoxy) is 1. The third-order valence-electron chi connectivity index (χ3n) is 12.0. The van der Waals surface area contributed by atoms with E-state index in [0.717, 1.165) is 38.3 Å². The van der Waals surface area contributed by atoms with Crippen LogP contribution < -0.4 is 10.6 Å². The summed E-state index contributed by atoms with van der Waals surface area (Å²) in [5, 5.41) is 7.67. The molecule has 4 heterocycles. The van der Waals surface area contributed by atoms with Gasteiger partial charge in [-0.1, -0.05) is 13.8 Å². The van der Waals surface area contributed by atoms with Crippen LogP contribution in [0, 0.1) is 11.8 Å². The van der Waals surface area contributed by atoms with Crippen molar-refractivity contribution in [3.8, 4) is 0 Å². The summed E-state index contributed by atoms with van der Waals surface area (Å²) in [5.41, 5.74) is 2.27. The van der Waals surface area contributed by atoms with Gasteiger partial charge in [0, 0.05) is 0 Å². The Morgan fingerprint density at radius 2 is 1.73 bits per heavy atom. The molecule has 2 saturated heterocycles. The quantitative estimate of drug-likeness (QED) is 0.163. The van der Waals surface area contributed by atoms with E-state index >= 15 is 0 Å². The van der Waals surface area contributed by atoms with E-state index in [1.807, 2.05) is 6.92 Å².